The van der Waals surface area contributed by atoms with Gasteiger partial charge in [0.25, 0.3) is 0 Å². The van der Waals surface area contributed by atoms with Crippen LogP contribution in [0.5, 0.6) is 11.5 Å². The van der Waals surface area contributed by atoms with E-state index in [1.165, 1.54) is 5.56 Å². The highest BCUT2D eigenvalue weighted by Gasteiger charge is 2.21. The third kappa shape index (κ3) is 5.36. The third-order valence-corrected chi connectivity index (χ3v) is 3.95. The Morgan fingerprint density at radius 2 is 1.83 bits per heavy atom. The van der Waals surface area contributed by atoms with Crippen molar-refractivity contribution in [2.24, 2.45) is 0 Å². The highest BCUT2D eigenvalue weighted by Crippen LogP contribution is 2.38. The third-order valence-electron chi connectivity index (χ3n) is 3.95. The summed E-state index contributed by atoms with van der Waals surface area (Å²) in [5.41, 5.74) is 2.29. The summed E-state index contributed by atoms with van der Waals surface area (Å²) in [6, 6.07) is 3.99. The largest absolute Gasteiger partial charge is 0.454 e. The fourth-order valence-corrected chi connectivity index (χ4v) is 2.68. The first kappa shape index (κ1) is 19.0. The molecule has 1 aromatic rings. The van der Waals surface area contributed by atoms with Crippen LogP contribution in [0, 0.1) is 0 Å². The number of ether oxygens (including phenoxy) is 5. The van der Waals surface area contributed by atoms with E-state index in [0.717, 1.165) is 42.7 Å². The van der Waals surface area contributed by atoms with Crippen LogP contribution in [0.1, 0.15) is 58.1 Å². The molecular weight excluding hydrogens is 308 g/mol. The van der Waals surface area contributed by atoms with Crippen molar-refractivity contribution in [1.29, 1.82) is 0 Å². The Morgan fingerprint density at radius 1 is 1.04 bits per heavy atom. The zero-order valence-corrected chi connectivity index (χ0v) is 15.3. The van der Waals surface area contributed by atoms with Crippen molar-refractivity contribution < 1.29 is 23.7 Å². The molecule has 0 fully saturated rings. The summed E-state index contributed by atoms with van der Waals surface area (Å²) in [6.45, 7) is 9.58. The first-order chi connectivity index (χ1) is 11.7. The summed E-state index contributed by atoms with van der Waals surface area (Å²) in [5, 5.41) is 0. The van der Waals surface area contributed by atoms with Gasteiger partial charge in [0.1, 0.15) is 0 Å². The van der Waals surface area contributed by atoms with Gasteiger partial charge in [0.2, 0.25) is 6.79 Å². The van der Waals surface area contributed by atoms with Crippen LogP contribution in [0.4, 0.5) is 0 Å². The number of fused-ring (bicyclic) bond motifs is 1. The van der Waals surface area contributed by atoms with Gasteiger partial charge >= 0.3 is 0 Å². The van der Waals surface area contributed by atoms with E-state index in [4.69, 9.17) is 23.7 Å². The number of hydrogen-bond donors (Lipinski definition) is 0. The summed E-state index contributed by atoms with van der Waals surface area (Å²) < 4.78 is 28.2. The smallest absolute Gasteiger partial charge is 0.231 e. The molecule has 5 heteroatoms. The summed E-state index contributed by atoms with van der Waals surface area (Å²) in [7, 11) is 0. The number of hydrogen-bond acceptors (Lipinski definition) is 5. The Hall–Kier alpha value is -1.30. The SMILES string of the molecule is CCCCOC(C)OC(C)OCc1ccc2c(c1CCC)OCO2. The van der Waals surface area contributed by atoms with Crippen LogP contribution in [0.15, 0.2) is 12.1 Å². The second kappa shape index (κ2) is 9.87. The quantitative estimate of drug-likeness (QED) is 0.442. The maximum atomic E-state index is 5.85. The molecule has 1 aromatic carbocycles. The lowest BCUT2D eigenvalue weighted by molar-refractivity contribution is -0.235. The molecule has 2 unspecified atom stereocenters. The maximum absolute atomic E-state index is 5.85. The Labute approximate surface area is 145 Å². The lowest BCUT2D eigenvalue weighted by Crippen LogP contribution is -2.22. The normalized spacial score (nSPS) is 15.5. The molecule has 0 saturated heterocycles. The van der Waals surface area contributed by atoms with Gasteiger partial charge in [-0.15, -0.1) is 0 Å². The first-order valence-corrected chi connectivity index (χ1v) is 8.94. The predicted molar refractivity (Wildman–Crippen MR) is 92.2 cm³/mol. The monoisotopic (exact) mass is 338 g/mol. The highest BCUT2D eigenvalue weighted by atomic mass is 16.8. The topological polar surface area (TPSA) is 46.2 Å². The molecule has 0 aliphatic carbocycles. The predicted octanol–water partition coefficient (Wildman–Crippen LogP) is 4.41. The zero-order chi connectivity index (χ0) is 17.4. The molecule has 24 heavy (non-hydrogen) atoms. The second-order valence-corrected chi connectivity index (χ2v) is 5.99. The van der Waals surface area contributed by atoms with Crippen LogP contribution in [-0.2, 0) is 27.2 Å². The minimum atomic E-state index is -0.332. The Kier molecular flexibility index (Phi) is 7.82. The van der Waals surface area contributed by atoms with E-state index in [-0.39, 0.29) is 12.6 Å². The average Bonchev–Trinajstić information content (AvgIpc) is 3.03. The van der Waals surface area contributed by atoms with E-state index >= 15 is 0 Å². The summed E-state index contributed by atoms with van der Waals surface area (Å²) >= 11 is 0. The molecule has 2 rings (SSSR count). The van der Waals surface area contributed by atoms with E-state index in [0.29, 0.717) is 20.0 Å². The minimum Gasteiger partial charge on any atom is -0.454 e. The Morgan fingerprint density at radius 3 is 2.58 bits per heavy atom. The minimum absolute atomic E-state index is 0.265. The van der Waals surface area contributed by atoms with Crippen LogP contribution in [0.3, 0.4) is 0 Å². The molecular formula is C19H30O5. The van der Waals surface area contributed by atoms with Crippen molar-refractivity contribution in [3.8, 4) is 11.5 Å². The van der Waals surface area contributed by atoms with E-state index < -0.39 is 0 Å². The molecule has 0 spiro atoms. The Balaban J connectivity index is 1.87. The van der Waals surface area contributed by atoms with Crippen LogP contribution >= 0.6 is 0 Å². The summed E-state index contributed by atoms with van der Waals surface area (Å²) in [5.74, 6) is 1.69. The van der Waals surface area contributed by atoms with Gasteiger partial charge in [-0.3, -0.25) is 0 Å². The van der Waals surface area contributed by atoms with E-state index in [9.17, 15) is 0 Å². The van der Waals surface area contributed by atoms with Crippen molar-refractivity contribution in [1.82, 2.24) is 0 Å². The number of unbranched alkanes of at least 4 members (excludes halogenated alkanes) is 1. The fraction of sp³-hybridized carbons (Fsp3) is 0.684. The average molecular weight is 338 g/mol. The fourth-order valence-electron chi connectivity index (χ4n) is 2.68. The molecule has 0 radical (unpaired) electrons. The van der Waals surface area contributed by atoms with Gasteiger partial charge in [-0.2, -0.15) is 0 Å². The molecule has 0 saturated carbocycles. The Bertz CT molecular complexity index is 503. The van der Waals surface area contributed by atoms with E-state index in [1.807, 2.05) is 26.0 Å². The lowest BCUT2D eigenvalue weighted by Gasteiger charge is -2.20. The van der Waals surface area contributed by atoms with Gasteiger partial charge in [-0.25, -0.2) is 0 Å². The second-order valence-electron chi connectivity index (χ2n) is 5.99. The van der Waals surface area contributed by atoms with Gasteiger partial charge in [0.15, 0.2) is 24.1 Å². The van der Waals surface area contributed by atoms with Gasteiger partial charge in [-0.1, -0.05) is 32.8 Å². The molecule has 1 aliphatic heterocycles. The summed E-state index contributed by atoms with van der Waals surface area (Å²) in [6.07, 6.45) is 3.54. The standard InChI is InChI=1S/C19H30O5/c1-5-7-11-20-14(3)24-15(4)21-12-16-9-10-18-19(23-13-22-18)17(16)8-6-2/h9-10,14-15H,5-8,11-13H2,1-4H3. The summed E-state index contributed by atoms with van der Waals surface area (Å²) in [4.78, 5) is 0. The molecule has 0 bridgehead atoms. The van der Waals surface area contributed by atoms with Crippen LogP contribution in [0.25, 0.3) is 0 Å². The number of rotatable bonds is 11. The number of benzene rings is 1. The molecule has 0 N–H and O–H groups in total. The van der Waals surface area contributed by atoms with Gasteiger partial charge in [0.05, 0.1) is 6.61 Å². The maximum Gasteiger partial charge on any atom is 0.231 e. The van der Waals surface area contributed by atoms with Gasteiger partial charge < -0.3 is 23.7 Å². The first-order valence-electron chi connectivity index (χ1n) is 8.94. The lowest BCUT2D eigenvalue weighted by atomic mass is 10.0. The highest BCUT2D eigenvalue weighted by molar-refractivity contribution is 5.52. The van der Waals surface area contributed by atoms with Crippen molar-refractivity contribution in [2.45, 2.75) is 72.6 Å². The molecule has 136 valence electrons. The van der Waals surface area contributed by atoms with Crippen molar-refractivity contribution in [3.05, 3.63) is 23.3 Å². The van der Waals surface area contributed by atoms with Crippen LogP contribution in [-0.4, -0.2) is 26.0 Å². The van der Waals surface area contributed by atoms with Gasteiger partial charge in [-0.05, 0) is 38.3 Å². The molecule has 0 aromatic heterocycles. The van der Waals surface area contributed by atoms with Crippen molar-refractivity contribution in [3.63, 3.8) is 0 Å². The van der Waals surface area contributed by atoms with Crippen molar-refractivity contribution in [2.75, 3.05) is 13.4 Å². The van der Waals surface area contributed by atoms with E-state index in [2.05, 4.69) is 13.8 Å². The van der Waals surface area contributed by atoms with Crippen LogP contribution in [0.2, 0.25) is 0 Å². The van der Waals surface area contributed by atoms with E-state index in [1.54, 1.807) is 0 Å². The molecule has 5 nitrogen and oxygen atoms in total. The molecule has 1 aliphatic rings. The zero-order valence-electron chi connectivity index (χ0n) is 15.3. The van der Waals surface area contributed by atoms with Crippen molar-refractivity contribution >= 4 is 0 Å². The molecule has 1 heterocycles. The van der Waals surface area contributed by atoms with Crippen LogP contribution < -0.4 is 9.47 Å². The molecule has 0 amide bonds. The van der Waals surface area contributed by atoms with Gasteiger partial charge in [0, 0.05) is 12.2 Å². The molecule has 2 atom stereocenters.